The summed E-state index contributed by atoms with van der Waals surface area (Å²) in [6.07, 6.45) is 14.0. The van der Waals surface area contributed by atoms with E-state index in [1.54, 1.807) is 0 Å². The monoisotopic (exact) mass is 266 g/mol. The second kappa shape index (κ2) is 8.26. The predicted molar refractivity (Wildman–Crippen MR) is 83.5 cm³/mol. The number of piperidine rings is 1. The summed E-state index contributed by atoms with van der Waals surface area (Å²) in [4.78, 5) is 0. The summed E-state index contributed by atoms with van der Waals surface area (Å²) in [5.41, 5.74) is 0. The van der Waals surface area contributed by atoms with E-state index in [-0.39, 0.29) is 0 Å². The molecule has 0 aromatic heterocycles. The van der Waals surface area contributed by atoms with Gasteiger partial charge in [-0.2, -0.15) is 0 Å². The highest BCUT2D eigenvalue weighted by atomic mass is 15.0. The van der Waals surface area contributed by atoms with Gasteiger partial charge in [-0.3, -0.25) is 0 Å². The fourth-order valence-corrected chi connectivity index (χ4v) is 4.07. The minimum atomic E-state index is 0.709. The molecule has 4 unspecified atom stereocenters. The van der Waals surface area contributed by atoms with Gasteiger partial charge in [-0.1, -0.05) is 39.0 Å². The van der Waals surface area contributed by atoms with Crippen LogP contribution in [0.1, 0.15) is 78.1 Å². The summed E-state index contributed by atoms with van der Waals surface area (Å²) >= 11 is 0. The second-order valence-corrected chi connectivity index (χ2v) is 6.82. The fraction of sp³-hybridized carbons (Fsp3) is 1.00. The maximum absolute atomic E-state index is 3.95. The number of nitrogens with one attached hydrogen (secondary N) is 2. The topological polar surface area (TPSA) is 24.1 Å². The summed E-state index contributed by atoms with van der Waals surface area (Å²) in [6, 6.07) is 2.30. The lowest BCUT2D eigenvalue weighted by Gasteiger charge is -2.34. The largest absolute Gasteiger partial charge is 0.314 e. The van der Waals surface area contributed by atoms with Crippen molar-refractivity contribution in [3.05, 3.63) is 0 Å². The van der Waals surface area contributed by atoms with Crippen LogP contribution in [0.3, 0.4) is 0 Å². The lowest BCUT2D eigenvalue weighted by atomic mass is 9.88. The van der Waals surface area contributed by atoms with Crippen molar-refractivity contribution in [2.75, 3.05) is 6.54 Å². The van der Waals surface area contributed by atoms with Crippen molar-refractivity contribution in [1.82, 2.24) is 10.6 Å². The molecule has 1 aliphatic carbocycles. The highest BCUT2D eigenvalue weighted by molar-refractivity contribution is 4.93. The Morgan fingerprint density at radius 1 is 1.11 bits per heavy atom. The second-order valence-electron chi connectivity index (χ2n) is 6.82. The van der Waals surface area contributed by atoms with E-state index in [0.29, 0.717) is 6.04 Å². The van der Waals surface area contributed by atoms with E-state index in [0.717, 1.165) is 18.0 Å². The van der Waals surface area contributed by atoms with Crippen LogP contribution < -0.4 is 10.6 Å². The van der Waals surface area contributed by atoms with E-state index in [2.05, 4.69) is 24.5 Å². The molecule has 2 N–H and O–H groups in total. The Kier molecular flexibility index (Phi) is 6.66. The summed E-state index contributed by atoms with van der Waals surface area (Å²) in [7, 11) is 0. The van der Waals surface area contributed by atoms with Crippen molar-refractivity contribution in [3.63, 3.8) is 0 Å². The molecule has 0 aromatic carbocycles. The average molecular weight is 266 g/mol. The average Bonchev–Trinajstić information content (AvgIpc) is 2.88. The minimum absolute atomic E-state index is 0.709. The Hall–Kier alpha value is -0.0800. The summed E-state index contributed by atoms with van der Waals surface area (Å²) in [5, 5.41) is 7.72. The summed E-state index contributed by atoms with van der Waals surface area (Å²) in [5.74, 6) is 0.897. The zero-order valence-corrected chi connectivity index (χ0v) is 13.1. The Balaban J connectivity index is 1.74. The normalized spacial score (nSPS) is 33.5. The SMILES string of the molecule is CCCCCC(C)NC1CCCC1C1CCCCN1. The van der Waals surface area contributed by atoms with E-state index < -0.39 is 0 Å². The molecular formula is C17H34N2. The molecule has 112 valence electrons. The molecule has 1 heterocycles. The van der Waals surface area contributed by atoms with Crippen LogP contribution >= 0.6 is 0 Å². The van der Waals surface area contributed by atoms with Gasteiger partial charge in [0.25, 0.3) is 0 Å². The third kappa shape index (κ3) is 4.75. The van der Waals surface area contributed by atoms with Crippen molar-refractivity contribution < 1.29 is 0 Å². The molecule has 2 nitrogen and oxygen atoms in total. The molecule has 1 saturated carbocycles. The van der Waals surface area contributed by atoms with Gasteiger partial charge in [-0.15, -0.1) is 0 Å². The van der Waals surface area contributed by atoms with E-state index in [1.165, 1.54) is 70.8 Å². The van der Waals surface area contributed by atoms with E-state index >= 15 is 0 Å². The van der Waals surface area contributed by atoms with Crippen molar-refractivity contribution in [1.29, 1.82) is 0 Å². The predicted octanol–water partition coefficient (Wildman–Crippen LogP) is 3.86. The van der Waals surface area contributed by atoms with Crippen LogP contribution in [0.15, 0.2) is 0 Å². The van der Waals surface area contributed by atoms with Crippen molar-refractivity contribution >= 4 is 0 Å². The Bertz CT molecular complexity index is 235. The lowest BCUT2D eigenvalue weighted by molar-refractivity contribution is 0.245. The Morgan fingerprint density at radius 3 is 2.74 bits per heavy atom. The van der Waals surface area contributed by atoms with Crippen LogP contribution in [0.25, 0.3) is 0 Å². The van der Waals surface area contributed by atoms with Gasteiger partial charge in [-0.25, -0.2) is 0 Å². The Labute approximate surface area is 120 Å². The van der Waals surface area contributed by atoms with Crippen LogP contribution in [-0.2, 0) is 0 Å². The third-order valence-corrected chi connectivity index (χ3v) is 5.17. The van der Waals surface area contributed by atoms with Gasteiger partial charge in [0.1, 0.15) is 0 Å². The number of hydrogen-bond acceptors (Lipinski definition) is 2. The van der Waals surface area contributed by atoms with E-state index in [1.807, 2.05) is 0 Å². The molecule has 19 heavy (non-hydrogen) atoms. The standard InChI is InChI=1S/C17H34N2/c1-3-4-5-9-14(2)19-17-12-8-10-15(17)16-11-6-7-13-18-16/h14-19H,3-13H2,1-2H3. The molecule has 0 radical (unpaired) electrons. The lowest BCUT2D eigenvalue weighted by Crippen LogP contribution is -2.48. The quantitative estimate of drug-likeness (QED) is 0.684. The molecule has 2 fully saturated rings. The molecule has 1 aliphatic heterocycles. The van der Waals surface area contributed by atoms with Crippen molar-refractivity contribution in [2.24, 2.45) is 5.92 Å². The molecule has 0 spiro atoms. The van der Waals surface area contributed by atoms with Crippen molar-refractivity contribution in [2.45, 2.75) is 96.2 Å². The first-order valence-corrected chi connectivity index (χ1v) is 8.80. The highest BCUT2D eigenvalue weighted by Gasteiger charge is 2.34. The summed E-state index contributed by atoms with van der Waals surface area (Å²) < 4.78 is 0. The van der Waals surface area contributed by atoms with Gasteiger partial charge in [-0.05, 0) is 51.5 Å². The molecule has 0 aromatic rings. The van der Waals surface area contributed by atoms with Crippen molar-refractivity contribution in [3.8, 4) is 0 Å². The molecule has 0 amide bonds. The van der Waals surface area contributed by atoms with Gasteiger partial charge in [0.05, 0.1) is 0 Å². The first-order chi connectivity index (χ1) is 9.31. The van der Waals surface area contributed by atoms with E-state index in [9.17, 15) is 0 Å². The van der Waals surface area contributed by atoms with Gasteiger partial charge in [0.2, 0.25) is 0 Å². The minimum Gasteiger partial charge on any atom is -0.314 e. The van der Waals surface area contributed by atoms with Crippen LogP contribution in [0.5, 0.6) is 0 Å². The van der Waals surface area contributed by atoms with Gasteiger partial charge in [0.15, 0.2) is 0 Å². The zero-order chi connectivity index (χ0) is 13.5. The van der Waals surface area contributed by atoms with Gasteiger partial charge >= 0.3 is 0 Å². The van der Waals surface area contributed by atoms with Crippen LogP contribution in [0, 0.1) is 5.92 Å². The number of hydrogen-bond donors (Lipinski definition) is 2. The maximum Gasteiger partial charge on any atom is 0.0113 e. The smallest absolute Gasteiger partial charge is 0.0113 e. The molecule has 2 aliphatic rings. The molecule has 0 bridgehead atoms. The molecule has 2 heteroatoms. The molecule has 4 atom stereocenters. The number of rotatable bonds is 7. The Morgan fingerprint density at radius 2 is 2.00 bits per heavy atom. The fourth-order valence-electron chi connectivity index (χ4n) is 4.07. The summed E-state index contributed by atoms with van der Waals surface area (Å²) in [6.45, 7) is 5.93. The van der Waals surface area contributed by atoms with Gasteiger partial charge in [0, 0.05) is 18.1 Å². The van der Waals surface area contributed by atoms with Gasteiger partial charge < -0.3 is 10.6 Å². The molecule has 1 saturated heterocycles. The molecular weight excluding hydrogens is 232 g/mol. The first-order valence-electron chi connectivity index (χ1n) is 8.80. The van der Waals surface area contributed by atoms with E-state index in [4.69, 9.17) is 0 Å². The number of unbranched alkanes of at least 4 members (excludes halogenated alkanes) is 2. The van der Waals surface area contributed by atoms with Crippen LogP contribution in [0.2, 0.25) is 0 Å². The van der Waals surface area contributed by atoms with Crippen LogP contribution in [-0.4, -0.2) is 24.7 Å². The van der Waals surface area contributed by atoms with Crippen LogP contribution in [0.4, 0.5) is 0 Å². The third-order valence-electron chi connectivity index (χ3n) is 5.17. The zero-order valence-electron chi connectivity index (χ0n) is 13.1. The maximum atomic E-state index is 3.95. The first kappa shape index (κ1) is 15.3. The molecule has 2 rings (SSSR count). The highest BCUT2D eigenvalue weighted by Crippen LogP contribution is 2.32.